The molecule has 0 aliphatic heterocycles. The molecule has 0 amide bonds. The maximum absolute atomic E-state index is 11.8. The molecule has 0 saturated carbocycles. The predicted octanol–water partition coefficient (Wildman–Crippen LogP) is 2.93. The van der Waals surface area contributed by atoms with Gasteiger partial charge in [0, 0.05) is 30.2 Å². The van der Waals surface area contributed by atoms with E-state index in [4.69, 9.17) is 5.11 Å². The molecule has 0 fully saturated rings. The maximum atomic E-state index is 11.8. The lowest BCUT2D eigenvalue weighted by Crippen LogP contribution is -2.01. The number of Topliss-reactive ketones (excluding diaryl/α,β-unsaturated/α-hetero) is 1. The average Bonchev–Trinajstić information content (AvgIpc) is 3.06. The fourth-order valence-corrected chi connectivity index (χ4v) is 3.09. The number of aryl methyl sites for hydroxylation is 3. The molecule has 0 unspecified atom stereocenters. The largest absolute Gasteiger partial charge is 0.481 e. The van der Waals surface area contributed by atoms with E-state index in [9.17, 15) is 9.59 Å². The van der Waals surface area contributed by atoms with E-state index in [1.807, 2.05) is 19.2 Å². The van der Waals surface area contributed by atoms with Crippen molar-refractivity contribution in [1.29, 1.82) is 0 Å². The van der Waals surface area contributed by atoms with Crippen molar-refractivity contribution in [2.45, 2.75) is 39.2 Å². The zero-order valence-electron chi connectivity index (χ0n) is 11.9. The van der Waals surface area contributed by atoms with Crippen molar-refractivity contribution in [2.24, 2.45) is 0 Å². The number of imidazole rings is 1. The lowest BCUT2D eigenvalue weighted by atomic mass is 10.2. The average molecular weight is 306 g/mol. The van der Waals surface area contributed by atoms with E-state index in [-0.39, 0.29) is 18.6 Å². The van der Waals surface area contributed by atoms with Gasteiger partial charge in [0.05, 0.1) is 11.3 Å². The Balaban J connectivity index is 1.81. The highest BCUT2D eigenvalue weighted by Gasteiger charge is 2.11. The van der Waals surface area contributed by atoms with E-state index in [0.717, 1.165) is 30.1 Å². The van der Waals surface area contributed by atoms with Crippen molar-refractivity contribution >= 4 is 23.1 Å². The van der Waals surface area contributed by atoms with Gasteiger partial charge in [-0.15, -0.1) is 11.3 Å². The Hall–Kier alpha value is -1.95. The highest BCUT2D eigenvalue weighted by Crippen LogP contribution is 2.20. The first kappa shape index (κ1) is 15.4. The van der Waals surface area contributed by atoms with Crippen LogP contribution in [0.25, 0.3) is 0 Å². The Bertz CT molecular complexity index is 630. The summed E-state index contributed by atoms with van der Waals surface area (Å²) in [7, 11) is 0. The number of aromatic nitrogens is 2. The number of carbonyl (C=O) groups is 2. The molecule has 1 N–H and O–H groups in total. The number of carboxylic acid groups (broad SMARTS) is 1. The third-order valence-corrected chi connectivity index (χ3v) is 4.43. The van der Waals surface area contributed by atoms with Crippen LogP contribution in [0.4, 0.5) is 0 Å². The van der Waals surface area contributed by atoms with Gasteiger partial charge in [-0.2, -0.15) is 0 Å². The van der Waals surface area contributed by atoms with Crippen LogP contribution in [0.5, 0.6) is 0 Å². The molecule has 0 bridgehead atoms. The summed E-state index contributed by atoms with van der Waals surface area (Å²) in [6, 6.07) is 3.76. The minimum atomic E-state index is -0.934. The maximum Gasteiger partial charge on any atom is 0.303 e. The monoisotopic (exact) mass is 306 g/mol. The van der Waals surface area contributed by atoms with Crippen LogP contribution in [0.3, 0.4) is 0 Å². The van der Waals surface area contributed by atoms with Gasteiger partial charge in [0.1, 0.15) is 5.82 Å². The van der Waals surface area contributed by atoms with Crippen molar-refractivity contribution in [3.63, 3.8) is 0 Å². The molecular formula is C15H18N2O3S. The molecule has 0 radical (unpaired) electrons. The molecule has 112 valence electrons. The zero-order chi connectivity index (χ0) is 15.2. The SMILES string of the molecule is Cc1nccn1CCCc1ccc(C(=O)CCC(=O)O)s1. The molecule has 0 aliphatic rings. The fraction of sp³-hybridized carbons (Fsp3) is 0.400. The second-order valence-corrected chi connectivity index (χ2v) is 6.02. The second-order valence-electron chi connectivity index (χ2n) is 4.85. The van der Waals surface area contributed by atoms with Crippen molar-refractivity contribution in [1.82, 2.24) is 9.55 Å². The number of carbonyl (C=O) groups excluding carboxylic acids is 1. The molecule has 0 atom stereocenters. The van der Waals surface area contributed by atoms with Gasteiger partial charge in [0.2, 0.25) is 0 Å². The van der Waals surface area contributed by atoms with Crippen LogP contribution < -0.4 is 0 Å². The molecule has 2 rings (SSSR count). The molecule has 2 aromatic rings. The molecule has 0 aromatic carbocycles. The van der Waals surface area contributed by atoms with Crippen molar-refractivity contribution in [3.05, 3.63) is 40.1 Å². The van der Waals surface area contributed by atoms with E-state index in [1.165, 1.54) is 11.3 Å². The Morgan fingerprint density at radius 3 is 2.81 bits per heavy atom. The molecule has 21 heavy (non-hydrogen) atoms. The highest BCUT2D eigenvalue weighted by molar-refractivity contribution is 7.14. The van der Waals surface area contributed by atoms with Crippen LogP contribution in [-0.2, 0) is 17.8 Å². The van der Waals surface area contributed by atoms with Crippen molar-refractivity contribution in [3.8, 4) is 0 Å². The van der Waals surface area contributed by atoms with E-state index in [0.29, 0.717) is 4.88 Å². The Morgan fingerprint density at radius 1 is 1.33 bits per heavy atom. The van der Waals surface area contributed by atoms with E-state index in [2.05, 4.69) is 9.55 Å². The van der Waals surface area contributed by atoms with Crippen LogP contribution in [0.2, 0.25) is 0 Å². The molecule has 2 heterocycles. The number of rotatable bonds is 8. The fourth-order valence-electron chi connectivity index (χ4n) is 2.07. The highest BCUT2D eigenvalue weighted by atomic mass is 32.1. The molecular weight excluding hydrogens is 288 g/mol. The smallest absolute Gasteiger partial charge is 0.303 e. The number of carboxylic acids is 1. The predicted molar refractivity (Wildman–Crippen MR) is 80.8 cm³/mol. The molecule has 0 spiro atoms. The minimum Gasteiger partial charge on any atom is -0.481 e. The molecule has 5 nitrogen and oxygen atoms in total. The van der Waals surface area contributed by atoms with Crippen LogP contribution in [0, 0.1) is 6.92 Å². The first-order valence-corrected chi connectivity index (χ1v) is 7.69. The summed E-state index contributed by atoms with van der Waals surface area (Å²) in [5.41, 5.74) is 0. The Morgan fingerprint density at radius 2 is 2.14 bits per heavy atom. The normalized spacial score (nSPS) is 10.7. The summed E-state index contributed by atoms with van der Waals surface area (Å²) < 4.78 is 2.10. The van der Waals surface area contributed by atoms with Crippen LogP contribution in [0.15, 0.2) is 24.5 Å². The quantitative estimate of drug-likeness (QED) is 0.761. The van der Waals surface area contributed by atoms with Crippen LogP contribution in [-0.4, -0.2) is 26.4 Å². The minimum absolute atomic E-state index is 0.0729. The topological polar surface area (TPSA) is 72.2 Å². The van der Waals surface area contributed by atoms with Crippen LogP contribution >= 0.6 is 11.3 Å². The summed E-state index contributed by atoms with van der Waals surface area (Å²) >= 11 is 1.47. The number of aliphatic carboxylic acids is 1. The van der Waals surface area contributed by atoms with Gasteiger partial charge in [-0.3, -0.25) is 9.59 Å². The van der Waals surface area contributed by atoms with Gasteiger partial charge >= 0.3 is 5.97 Å². The summed E-state index contributed by atoms with van der Waals surface area (Å²) in [5.74, 6) is -0.0133. The summed E-state index contributed by atoms with van der Waals surface area (Å²) in [6.45, 7) is 2.89. The first-order valence-electron chi connectivity index (χ1n) is 6.87. The standard InChI is InChI=1S/C15H18N2O3S/c1-11-16-8-10-17(11)9-2-3-12-4-6-14(21-12)13(18)5-7-15(19)20/h4,6,8,10H,2-3,5,7,9H2,1H3,(H,19,20). The number of ketones is 1. The molecule has 0 aliphatic carbocycles. The zero-order valence-corrected chi connectivity index (χ0v) is 12.7. The third kappa shape index (κ3) is 4.53. The first-order chi connectivity index (χ1) is 10.1. The Labute approximate surface area is 127 Å². The van der Waals surface area contributed by atoms with Crippen LogP contribution in [0.1, 0.15) is 39.6 Å². The number of nitrogens with zero attached hydrogens (tertiary/aromatic N) is 2. The van der Waals surface area contributed by atoms with Gasteiger partial charge in [-0.05, 0) is 31.9 Å². The lowest BCUT2D eigenvalue weighted by molar-refractivity contribution is -0.136. The third-order valence-electron chi connectivity index (χ3n) is 3.25. The molecule has 2 aromatic heterocycles. The molecule has 0 saturated heterocycles. The lowest BCUT2D eigenvalue weighted by Gasteiger charge is -2.03. The van der Waals surface area contributed by atoms with Gasteiger partial charge in [-0.25, -0.2) is 4.98 Å². The van der Waals surface area contributed by atoms with Gasteiger partial charge in [0.25, 0.3) is 0 Å². The van der Waals surface area contributed by atoms with E-state index in [1.54, 1.807) is 12.3 Å². The van der Waals surface area contributed by atoms with Gasteiger partial charge < -0.3 is 9.67 Å². The summed E-state index contributed by atoms with van der Waals surface area (Å²) in [5, 5.41) is 8.59. The second kappa shape index (κ2) is 7.17. The van der Waals surface area contributed by atoms with E-state index >= 15 is 0 Å². The number of thiophene rings is 1. The number of hydrogen-bond acceptors (Lipinski definition) is 4. The van der Waals surface area contributed by atoms with Crippen molar-refractivity contribution < 1.29 is 14.7 Å². The summed E-state index contributed by atoms with van der Waals surface area (Å²) in [4.78, 5) is 28.3. The Kier molecular flexibility index (Phi) is 5.27. The van der Waals surface area contributed by atoms with Crippen molar-refractivity contribution in [2.75, 3.05) is 0 Å². The molecule has 6 heteroatoms. The van der Waals surface area contributed by atoms with Gasteiger partial charge in [0.15, 0.2) is 5.78 Å². The van der Waals surface area contributed by atoms with E-state index < -0.39 is 5.97 Å². The summed E-state index contributed by atoms with van der Waals surface area (Å²) in [6.07, 6.45) is 5.62. The van der Waals surface area contributed by atoms with Gasteiger partial charge in [-0.1, -0.05) is 0 Å². The number of hydrogen-bond donors (Lipinski definition) is 1.